The van der Waals surface area contributed by atoms with Crippen molar-refractivity contribution >= 4 is 18.0 Å². The van der Waals surface area contributed by atoms with E-state index in [1.165, 1.54) is 0 Å². The fourth-order valence-corrected chi connectivity index (χ4v) is 1.83. The first-order valence-electron chi connectivity index (χ1n) is 4.34. The molecular formula is C9H12O4. The van der Waals surface area contributed by atoms with E-state index in [9.17, 15) is 14.4 Å². The van der Waals surface area contributed by atoms with Gasteiger partial charge in [0, 0.05) is 12.8 Å². The molecule has 0 amide bonds. The minimum absolute atomic E-state index is 0.151. The van der Waals surface area contributed by atoms with Gasteiger partial charge in [-0.1, -0.05) is 0 Å². The van der Waals surface area contributed by atoms with Crippen LogP contribution >= 0.6 is 0 Å². The highest BCUT2D eigenvalue weighted by Crippen LogP contribution is 2.38. The molecule has 1 saturated carbocycles. The van der Waals surface area contributed by atoms with Crippen LogP contribution in [0.5, 0.6) is 0 Å². The molecule has 1 aliphatic carbocycles. The molecule has 0 radical (unpaired) electrons. The molecule has 0 heterocycles. The maximum Gasteiger partial charge on any atom is 0.317 e. The third-order valence-electron chi connectivity index (χ3n) is 2.64. The molecule has 0 aromatic rings. The Bertz CT molecular complexity index is 246. The van der Waals surface area contributed by atoms with Crippen molar-refractivity contribution in [3.8, 4) is 0 Å². The van der Waals surface area contributed by atoms with Gasteiger partial charge in [-0.2, -0.15) is 0 Å². The normalized spacial score (nSPS) is 27.5. The summed E-state index contributed by atoms with van der Waals surface area (Å²) in [5, 5.41) is 8.92. The standard InChI is InChI=1S/C9H12O4/c10-6-2-5-9(8(12)13)4-1-3-7(9)11/h6H,1-5H2,(H,12,13)/t9-/m0/s1. The third-order valence-corrected chi connectivity index (χ3v) is 2.64. The predicted molar refractivity (Wildman–Crippen MR) is 44.2 cm³/mol. The predicted octanol–water partition coefficient (Wildman–Crippen LogP) is 0.790. The van der Waals surface area contributed by atoms with Crippen molar-refractivity contribution in [3.63, 3.8) is 0 Å². The molecule has 0 spiro atoms. The molecular weight excluding hydrogens is 172 g/mol. The van der Waals surface area contributed by atoms with Crippen LogP contribution < -0.4 is 0 Å². The number of hydrogen-bond acceptors (Lipinski definition) is 3. The average molecular weight is 184 g/mol. The van der Waals surface area contributed by atoms with E-state index in [4.69, 9.17) is 5.11 Å². The fraction of sp³-hybridized carbons (Fsp3) is 0.667. The molecule has 1 rings (SSSR count). The summed E-state index contributed by atoms with van der Waals surface area (Å²) in [6, 6.07) is 0. The molecule has 1 fully saturated rings. The Balaban J connectivity index is 2.80. The van der Waals surface area contributed by atoms with Crippen molar-refractivity contribution in [3.05, 3.63) is 0 Å². The number of carbonyl (C=O) groups excluding carboxylic acids is 2. The second-order valence-corrected chi connectivity index (χ2v) is 3.37. The quantitative estimate of drug-likeness (QED) is 0.518. The summed E-state index contributed by atoms with van der Waals surface area (Å²) < 4.78 is 0. The van der Waals surface area contributed by atoms with Crippen LogP contribution in [0.2, 0.25) is 0 Å². The third kappa shape index (κ3) is 1.61. The Hall–Kier alpha value is -1.19. The molecule has 4 nitrogen and oxygen atoms in total. The Morgan fingerprint density at radius 3 is 2.69 bits per heavy atom. The number of ketones is 1. The molecule has 0 saturated heterocycles. The highest BCUT2D eigenvalue weighted by Gasteiger charge is 2.47. The van der Waals surface area contributed by atoms with Gasteiger partial charge in [0.1, 0.15) is 17.5 Å². The lowest BCUT2D eigenvalue weighted by Gasteiger charge is -2.20. The zero-order valence-electron chi connectivity index (χ0n) is 7.28. The van der Waals surface area contributed by atoms with Crippen LogP contribution in [0, 0.1) is 5.41 Å². The molecule has 0 unspecified atom stereocenters. The topological polar surface area (TPSA) is 71.4 Å². The molecule has 13 heavy (non-hydrogen) atoms. The summed E-state index contributed by atoms with van der Waals surface area (Å²) >= 11 is 0. The van der Waals surface area contributed by atoms with Gasteiger partial charge in [0.15, 0.2) is 0 Å². The molecule has 1 atom stereocenters. The van der Waals surface area contributed by atoms with E-state index < -0.39 is 11.4 Å². The van der Waals surface area contributed by atoms with Gasteiger partial charge in [0.05, 0.1) is 0 Å². The number of carboxylic acids is 1. The molecule has 0 aromatic carbocycles. The zero-order chi connectivity index (χ0) is 9.90. The number of carbonyl (C=O) groups is 3. The number of carboxylic acid groups (broad SMARTS) is 1. The molecule has 0 aliphatic heterocycles. The highest BCUT2D eigenvalue weighted by molar-refractivity contribution is 6.04. The number of aliphatic carboxylic acids is 1. The summed E-state index contributed by atoms with van der Waals surface area (Å²) in [5.41, 5.74) is -1.25. The van der Waals surface area contributed by atoms with Crippen LogP contribution in [-0.2, 0) is 14.4 Å². The van der Waals surface area contributed by atoms with Crippen molar-refractivity contribution in [1.82, 2.24) is 0 Å². The summed E-state index contributed by atoms with van der Waals surface area (Å²) in [5.74, 6) is -1.29. The molecule has 1 aliphatic rings. The van der Waals surface area contributed by atoms with Gasteiger partial charge in [-0.25, -0.2) is 0 Å². The van der Waals surface area contributed by atoms with Gasteiger partial charge >= 0.3 is 5.97 Å². The average Bonchev–Trinajstić information content (AvgIpc) is 2.45. The Morgan fingerprint density at radius 2 is 2.31 bits per heavy atom. The van der Waals surface area contributed by atoms with E-state index >= 15 is 0 Å². The first-order valence-corrected chi connectivity index (χ1v) is 4.34. The first-order chi connectivity index (χ1) is 6.13. The van der Waals surface area contributed by atoms with Crippen molar-refractivity contribution in [2.75, 3.05) is 0 Å². The smallest absolute Gasteiger partial charge is 0.317 e. The van der Waals surface area contributed by atoms with Gasteiger partial charge in [-0.15, -0.1) is 0 Å². The van der Waals surface area contributed by atoms with Gasteiger partial charge in [0.25, 0.3) is 0 Å². The van der Waals surface area contributed by atoms with E-state index in [2.05, 4.69) is 0 Å². The Kier molecular flexibility index (Phi) is 2.80. The minimum atomic E-state index is -1.25. The number of aldehydes is 1. The van der Waals surface area contributed by atoms with Crippen LogP contribution in [-0.4, -0.2) is 23.1 Å². The van der Waals surface area contributed by atoms with Gasteiger partial charge in [0.2, 0.25) is 0 Å². The molecule has 0 bridgehead atoms. The van der Waals surface area contributed by atoms with E-state index in [-0.39, 0.29) is 18.6 Å². The maximum atomic E-state index is 11.3. The van der Waals surface area contributed by atoms with Crippen molar-refractivity contribution < 1.29 is 19.5 Å². The van der Waals surface area contributed by atoms with Crippen molar-refractivity contribution in [2.24, 2.45) is 5.41 Å². The van der Waals surface area contributed by atoms with Crippen LogP contribution in [0.3, 0.4) is 0 Å². The zero-order valence-corrected chi connectivity index (χ0v) is 7.28. The van der Waals surface area contributed by atoms with Crippen LogP contribution in [0.1, 0.15) is 32.1 Å². The second-order valence-electron chi connectivity index (χ2n) is 3.37. The van der Waals surface area contributed by atoms with Gasteiger partial charge in [-0.05, 0) is 19.3 Å². The number of Topliss-reactive ketones (excluding diaryl/α,β-unsaturated/α-hetero) is 1. The summed E-state index contributed by atoms with van der Waals surface area (Å²) in [7, 11) is 0. The highest BCUT2D eigenvalue weighted by atomic mass is 16.4. The monoisotopic (exact) mass is 184 g/mol. The Labute approximate surface area is 75.9 Å². The second kappa shape index (κ2) is 3.68. The van der Waals surface area contributed by atoms with Crippen LogP contribution in [0.15, 0.2) is 0 Å². The van der Waals surface area contributed by atoms with Crippen molar-refractivity contribution in [2.45, 2.75) is 32.1 Å². The lowest BCUT2D eigenvalue weighted by atomic mass is 9.81. The molecule has 1 N–H and O–H groups in total. The summed E-state index contributed by atoms with van der Waals surface area (Å²) in [6.45, 7) is 0. The lowest BCUT2D eigenvalue weighted by Crippen LogP contribution is -2.35. The molecule has 72 valence electrons. The van der Waals surface area contributed by atoms with E-state index in [1.54, 1.807) is 0 Å². The molecule has 0 aromatic heterocycles. The van der Waals surface area contributed by atoms with Gasteiger partial charge in [-0.3, -0.25) is 9.59 Å². The summed E-state index contributed by atoms with van der Waals surface area (Å²) in [4.78, 5) is 32.4. The summed E-state index contributed by atoms with van der Waals surface area (Å²) in [6.07, 6.45) is 2.32. The first kappa shape index (κ1) is 9.89. The van der Waals surface area contributed by atoms with E-state index in [1.807, 2.05) is 0 Å². The lowest BCUT2D eigenvalue weighted by molar-refractivity contribution is -0.153. The Morgan fingerprint density at radius 1 is 1.62 bits per heavy atom. The number of rotatable bonds is 4. The fourth-order valence-electron chi connectivity index (χ4n) is 1.83. The van der Waals surface area contributed by atoms with Crippen molar-refractivity contribution in [1.29, 1.82) is 0 Å². The van der Waals surface area contributed by atoms with E-state index in [0.717, 1.165) is 0 Å². The minimum Gasteiger partial charge on any atom is -0.480 e. The maximum absolute atomic E-state index is 11.3. The molecule has 4 heteroatoms. The van der Waals surface area contributed by atoms with Gasteiger partial charge < -0.3 is 9.90 Å². The van der Waals surface area contributed by atoms with Crippen LogP contribution in [0.4, 0.5) is 0 Å². The van der Waals surface area contributed by atoms with E-state index in [0.29, 0.717) is 25.5 Å². The SMILES string of the molecule is O=CCC[C@@]1(C(=O)O)CCCC1=O. The largest absolute Gasteiger partial charge is 0.480 e. The van der Waals surface area contributed by atoms with Crippen LogP contribution in [0.25, 0.3) is 0 Å². The number of hydrogen-bond donors (Lipinski definition) is 1.